The molecule has 0 fully saturated rings. The minimum Gasteiger partial charge on any atom is -0.380 e. The third-order valence-corrected chi connectivity index (χ3v) is 1.82. The topological polar surface area (TPSA) is 52.0 Å². The maximum atomic E-state index is 5.09. The summed E-state index contributed by atoms with van der Waals surface area (Å²) >= 11 is 0. The van der Waals surface area contributed by atoms with Crippen molar-refractivity contribution in [3.63, 3.8) is 0 Å². The van der Waals surface area contributed by atoms with E-state index in [0.29, 0.717) is 0 Å². The summed E-state index contributed by atoms with van der Waals surface area (Å²) < 4.78 is 6.89. The smallest absolute Gasteiger partial charge is 0.0692 e. The molecule has 74 valence electrons. The van der Waals surface area contributed by atoms with Gasteiger partial charge in [0.2, 0.25) is 0 Å². The first-order chi connectivity index (χ1) is 6.33. The highest BCUT2D eigenvalue weighted by Gasteiger charge is 1.97. The monoisotopic (exact) mass is 184 g/mol. The summed E-state index contributed by atoms with van der Waals surface area (Å²) in [5.41, 5.74) is 0. The molecule has 0 aliphatic carbocycles. The fourth-order valence-corrected chi connectivity index (χ4v) is 0.934. The van der Waals surface area contributed by atoms with Gasteiger partial charge in [0.15, 0.2) is 0 Å². The van der Waals surface area contributed by atoms with Crippen LogP contribution in [0.3, 0.4) is 0 Å². The quantitative estimate of drug-likeness (QED) is 0.627. The minimum atomic E-state index is 0.260. The van der Waals surface area contributed by atoms with E-state index in [4.69, 9.17) is 4.74 Å². The third kappa shape index (κ3) is 4.00. The lowest BCUT2D eigenvalue weighted by Gasteiger charge is -2.10. The molecule has 1 N–H and O–H groups in total. The van der Waals surface area contributed by atoms with E-state index in [1.165, 1.54) is 0 Å². The Morgan fingerprint density at radius 2 is 2.46 bits per heavy atom. The normalized spacial score (nSPS) is 13.1. The van der Waals surface area contributed by atoms with Crippen LogP contribution in [-0.4, -0.2) is 41.3 Å². The van der Waals surface area contributed by atoms with Crippen LogP contribution in [-0.2, 0) is 11.3 Å². The second kappa shape index (κ2) is 5.66. The van der Waals surface area contributed by atoms with Gasteiger partial charge in [-0.3, -0.25) is 4.68 Å². The van der Waals surface area contributed by atoms with Crippen molar-refractivity contribution in [2.75, 3.05) is 20.2 Å². The van der Waals surface area contributed by atoms with Gasteiger partial charge >= 0.3 is 0 Å². The number of methoxy groups -OCH3 is 1. The first kappa shape index (κ1) is 10.1. The molecule has 1 heterocycles. The molecule has 1 rings (SSSR count). The van der Waals surface area contributed by atoms with Gasteiger partial charge in [0.05, 0.1) is 18.8 Å². The van der Waals surface area contributed by atoms with Gasteiger partial charge in [-0.25, -0.2) is 0 Å². The van der Waals surface area contributed by atoms with Crippen LogP contribution in [0.1, 0.15) is 6.92 Å². The Kier molecular flexibility index (Phi) is 4.42. The van der Waals surface area contributed by atoms with Gasteiger partial charge in [-0.1, -0.05) is 5.21 Å². The molecular formula is C8H16N4O. The molecule has 0 saturated carbocycles. The molecule has 0 spiro atoms. The molecule has 0 amide bonds. The third-order valence-electron chi connectivity index (χ3n) is 1.82. The highest BCUT2D eigenvalue weighted by atomic mass is 16.5. The van der Waals surface area contributed by atoms with E-state index in [-0.39, 0.29) is 6.10 Å². The zero-order valence-electron chi connectivity index (χ0n) is 8.10. The van der Waals surface area contributed by atoms with E-state index in [1.807, 2.05) is 13.1 Å². The summed E-state index contributed by atoms with van der Waals surface area (Å²) in [6.07, 6.45) is 3.79. The van der Waals surface area contributed by atoms with E-state index < -0.39 is 0 Å². The van der Waals surface area contributed by atoms with Crippen LogP contribution in [0.25, 0.3) is 0 Å². The second-order valence-corrected chi connectivity index (χ2v) is 2.92. The molecule has 0 aromatic carbocycles. The number of nitrogens with zero attached hydrogens (tertiary/aromatic N) is 3. The van der Waals surface area contributed by atoms with E-state index in [1.54, 1.807) is 18.0 Å². The molecule has 1 atom stereocenters. The molecule has 0 bridgehead atoms. The summed E-state index contributed by atoms with van der Waals surface area (Å²) in [6, 6.07) is 0. The van der Waals surface area contributed by atoms with E-state index in [2.05, 4.69) is 15.6 Å². The Hall–Kier alpha value is -0.940. The molecule has 1 unspecified atom stereocenters. The first-order valence-electron chi connectivity index (χ1n) is 4.40. The minimum absolute atomic E-state index is 0.260. The van der Waals surface area contributed by atoms with Crippen LogP contribution in [0.5, 0.6) is 0 Å². The molecule has 1 aromatic heterocycles. The predicted molar refractivity (Wildman–Crippen MR) is 49.4 cm³/mol. The number of aromatic nitrogens is 3. The fraction of sp³-hybridized carbons (Fsp3) is 0.750. The Bertz CT molecular complexity index is 212. The van der Waals surface area contributed by atoms with Crippen molar-refractivity contribution in [1.82, 2.24) is 20.3 Å². The summed E-state index contributed by atoms with van der Waals surface area (Å²) in [7, 11) is 1.71. The Balaban J connectivity index is 2.02. The maximum Gasteiger partial charge on any atom is 0.0692 e. The van der Waals surface area contributed by atoms with Crippen LogP contribution < -0.4 is 5.32 Å². The van der Waals surface area contributed by atoms with Crippen LogP contribution >= 0.6 is 0 Å². The lowest BCUT2D eigenvalue weighted by molar-refractivity contribution is 0.117. The molecule has 0 saturated heterocycles. The zero-order valence-corrected chi connectivity index (χ0v) is 8.10. The van der Waals surface area contributed by atoms with Crippen LogP contribution in [0.2, 0.25) is 0 Å². The average Bonchev–Trinajstić information content (AvgIpc) is 2.64. The lowest BCUT2D eigenvalue weighted by atomic mass is 10.4. The Morgan fingerprint density at radius 3 is 3.08 bits per heavy atom. The van der Waals surface area contributed by atoms with Crippen LogP contribution in [0.15, 0.2) is 12.4 Å². The fourth-order valence-electron chi connectivity index (χ4n) is 0.934. The largest absolute Gasteiger partial charge is 0.380 e. The highest BCUT2D eigenvalue weighted by molar-refractivity contribution is 4.64. The predicted octanol–water partition coefficient (Wildman–Crippen LogP) is -0.0974. The van der Waals surface area contributed by atoms with Crippen molar-refractivity contribution in [3.05, 3.63) is 12.4 Å². The molecule has 0 aliphatic rings. The van der Waals surface area contributed by atoms with E-state index in [9.17, 15) is 0 Å². The van der Waals surface area contributed by atoms with Crippen molar-refractivity contribution >= 4 is 0 Å². The standard InChI is InChI=1S/C8H16N4O/c1-8(13-2)7-9-3-5-12-6-4-10-11-12/h4,6,8-9H,3,5,7H2,1-2H3. The summed E-state index contributed by atoms with van der Waals surface area (Å²) in [5.74, 6) is 0. The Labute approximate surface area is 78.1 Å². The molecule has 1 aromatic rings. The van der Waals surface area contributed by atoms with Crippen LogP contribution in [0.4, 0.5) is 0 Å². The average molecular weight is 184 g/mol. The molecule has 0 radical (unpaired) electrons. The van der Waals surface area contributed by atoms with E-state index in [0.717, 1.165) is 19.6 Å². The number of ether oxygens (including phenoxy) is 1. The molecule has 0 aliphatic heterocycles. The van der Waals surface area contributed by atoms with Crippen molar-refractivity contribution < 1.29 is 4.74 Å². The summed E-state index contributed by atoms with van der Waals surface area (Å²) in [4.78, 5) is 0. The molecular weight excluding hydrogens is 168 g/mol. The van der Waals surface area contributed by atoms with Crippen molar-refractivity contribution in [1.29, 1.82) is 0 Å². The highest BCUT2D eigenvalue weighted by Crippen LogP contribution is 1.84. The number of hydrogen-bond donors (Lipinski definition) is 1. The molecule has 13 heavy (non-hydrogen) atoms. The summed E-state index contributed by atoms with van der Waals surface area (Å²) in [5, 5.41) is 10.8. The van der Waals surface area contributed by atoms with Crippen molar-refractivity contribution in [3.8, 4) is 0 Å². The van der Waals surface area contributed by atoms with Gasteiger partial charge < -0.3 is 10.1 Å². The zero-order chi connectivity index (χ0) is 9.52. The van der Waals surface area contributed by atoms with Gasteiger partial charge in [-0.15, -0.1) is 5.10 Å². The van der Waals surface area contributed by atoms with Gasteiger partial charge in [0.1, 0.15) is 0 Å². The SMILES string of the molecule is COC(C)CNCCn1ccnn1. The maximum absolute atomic E-state index is 5.09. The summed E-state index contributed by atoms with van der Waals surface area (Å²) in [6.45, 7) is 4.63. The number of rotatable bonds is 6. The van der Waals surface area contributed by atoms with E-state index >= 15 is 0 Å². The van der Waals surface area contributed by atoms with Crippen molar-refractivity contribution in [2.24, 2.45) is 0 Å². The van der Waals surface area contributed by atoms with Gasteiger partial charge in [0, 0.05) is 26.4 Å². The number of hydrogen-bond acceptors (Lipinski definition) is 4. The van der Waals surface area contributed by atoms with Crippen molar-refractivity contribution in [2.45, 2.75) is 19.6 Å². The molecule has 5 nitrogen and oxygen atoms in total. The lowest BCUT2D eigenvalue weighted by Crippen LogP contribution is -2.28. The van der Waals surface area contributed by atoms with Gasteiger partial charge in [0.25, 0.3) is 0 Å². The first-order valence-corrected chi connectivity index (χ1v) is 4.40. The van der Waals surface area contributed by atoms with Crippen LogP contribution in [0, 0.1) is 0 Å². The Morgan fingerprint density at radius 1 is 1.62 bits per heavy atom. The number of nitrogens with one attached hydrogen (secondary N) is 1. The van der Waals surface area contributed by atoms with Gasteiger partial charge in [-0.2, -0.15) is 0 Å². The molecule has 5 heteroatoms. The second-order valence-electron chi connectivity index (χ2n) is 2.92. The van der Waals surface area contributed by atoms with Gasteiger partial charge in [-0.05, 0) is 6.92 Å².